The number of carbonyl (C=O) groups excluding carboxylic acids is 2. The predicted octanol–water partition coefficient (Wildman–Crippen LogP) is 2.74. The van der Waals surface area contributed by atoms with Crippen LogP contribution in [0.5, 0.6) is 0 Å². The van der Waals surface area contributed by atoms with Crippen molar-refractivity contribution in [3.8, 4) is 0 Å². The van der Waals surface area contributed by atoms with Gasteiger partial charge < -0.3 is 19.8 Å². The van der Waals surface area contributed by atoms with Gasteiger partial charge in [-0.15, -0.1) is 0 Å². The second-order valence-corrected chi connectivity index (χ2v) is 10.9. The van der Waals surface area contributed by atoms with E-state index in [0.717, 1.165) is 9.13 Å². The maximum atomic E-state index is 13.3. The molecular formula is C30H30F6N6O6. The Kier molecular flexibility index (Phi) is 10.9. The van der Waals surface area contributed by atoms with E-state index in [9.17, 15) is 55.1 Å². The van der Waals surface area contributed by atoms with Crippen LogP contribution in [-0.4, -0.2) is 79.2 Å². The van der Waals surface area contributed by atoms with Crippen molar-refractivity contribution in [1.29, 1.82) is 0 Å². The van der Waals surface area contributed by atoms with Gasteiger partial charge in [0.05, 0.1) is 21.8 Å². The second kappa shape index (κ2) is 14.7. The average molecular weight is 685 g/mol. The topological polar surface area (TPSA) is 150 Å². The van der Waals surface area contributed by atoms with Crippen LogP contribution < -0.4 is 22.5 Å². The quantitative estimate of drug-likeness (QED) is 0.163. The highest BCUT2D eigenvalue weighted by molar-refractivity contribution is 5.82. The van der Waals surface area contributed by atoms with Crippen LogP contribution in [0.25, 0.3) is 21.8 Å². The number of aromatic nitrogens is 4. The van der Waals surface area contributed by atoms with Crippen molar-refractivity contribution < 1.29 is 35.9 Å². The lowest BCUT2D eigenvalue weighted by Gasteiger charge is -2.26. The van der Waals surface area contributed by atoms with Gasteiger partial charge in [0.2, 0.25) is 0 Å². The SMILES string of the molecule is O=C(N(CCCCN(CCCn1c(=O)[nH]c2ccccc2c1=O)C(=O)C(F)(F)F)CCCn1c(=O)[nH]c2ccccc2c1=O)C(F)(F)F. The van der Waals surface area contributed by atoms with Crippen molar-refractivity contribution in [2.24, 2.45) is 0 Å². The standard InChI is InChI=1S/C30H30F6N6O6/c31-29(32,33)25(45)39(15-7-17-41-23(43)19-9-1-3-11-21(19)37-27(41)47)13-5-6-14-40(26(46)30(34,35)36)16-8-18-42-24(44)20-10-2-4-12-22(20)38-28(42)48/h1-4,9-12H,5-8,13-18H2,(H,37,47)(H,38,48). The minimum Gasteiger partial charge on any atom is -0.335 e. The van der Waals surface area contributed by atoms with Crippen LogP contribution in [-0.2, 0) is 22.7 Å². The van der Waals surface area contributed by atoms with Gasteiger partial charge in [0.15, 0.2) is 0 Å². The second-order valence-electron chi connectivity index (χ2n) is 10.9. The Hall–Kier alpha value is -5.16. The third-order valence-electron chi connectivity index (χ3n) is 7.56. The van der Waals surface area contributed by atoms with E-state index in [-0.39, 0.29) is 60.6 Å². The van der Waals surface area contributed by atoms with Crippen LogP contribution >= 0.6 is 0 Å². The molecule has 0 aliphatic carbocycles. The Balaban J connectivity index is 1.38. The number of hydrogen-bond acceptors (Lipinski definition) is 6. The number of benzene rings is 2. The zero-order valence-corrected chi connectivity index (χ0v) is 25.2. The number of alkyl halides is 6. The molecule has 0 bridgehead atoms. The summed E-state index contributed by atoms with van der Waals surface area (Å²) in [5.41, 5.74) is -2.40. The van der Waals surface area contributed by atoms with Gasteiger partial charge in [0, 0.05) is 39.3 Å². The number of nitrogens with one attached hydrogen (secondary N) is 2. The minimum absolute atomic E-state index is 0.175. The molecule has 0 aliphatic heterocycles. The molecule has 2 aromatic carbocycles. The third-order valence-corrected chi connectivity index (χ3v) is 7.56. The van der Waals surface area contributed by atoms with Gasteiger partial charge >= 0.3 is 35.5 Å². The summed E-state index contributed by atoms with van der Waals surface area (Å²) in [6.45, 7) is -2.79. The summed E-state index contributed by atoms with van der Waals surface area (Å²) in [6, 6.07) is 12.2. The number of hydrogen-bond donors (Lipinski definition) is 2. The number of unbranched alkanes of at least 4 members (excludes halogenated alkanes) is 1. The molecule has 0 aliphatic rings. The molecule has 4 aromatic rings. The van der Waals surface area contributed by atoms with Crippen molar-refractivity contribution in [2.45, 2.75) is 51.1 Å². The first-order chi connectivity index (χ1) is 22.6. The molecule has 0 fully saturated rings. The molecule has 258 valence electrons. The lowest BCUT2D eigenvalue weighted by atomic mass is 10.2. The number of fused-ring (bicyclic) bond motifs is 2. The molecule has 12 nitrogen and oxygen atoms in total. The molecule has 2 heterocycles. The summed E-state index contributed by atoms with van der Waals surface area (Å²) in [5.74, 6) is -4.42. The number of aromatic amines is 2. The van der Waals surface area contributed by atoms with E-state index in [1.807, 2.05) is 0 Å². The first-order valence-corrected chi connectivity index (χ1v) is 14.8. The van der Waals surface area contributed by atoms with Gasteiger partial charge in [-0.25, -0.2) is 9.59 Å². The van der Waals surface area contributed by atoms with Gasteiger partial charge in [-0.05, 0) is 49.9 Å². The lowest BCUT2D eigenvalue weighted by molar-refractivity contribution is -0.186. The predicted molar refractivity (Wildman–Crippen MR) is 161 cm³/mol. The zero-order valence-electron chi connectivity index (χ0n) is 25.2. The molecule has 48 heavy (non-hydrogen) atoms. The van der Waals surface area contributed by atoms with E-state index in [1.165, 1.54) is 24.3 Å². The number of halogens is 6. The number of rotatable bonds is 13. The normalized spacial score (nSPS) is 12.0. The van der Waals surface area contributed by atoms with Gasteiger partial charge in [0.1, 0.15) is 0 Å². The fourth-order valence-electron chi connectivity index (χ4n) is 5.24. The Morgan fingerprint density at radius 1 is 0.562 bits per heavy atom. The molecule has 0 radical (unpaired) electrons. The third kappa shape index (κ3) is 8.40. The summed E-state index contributed by atoms with van der Waals surface area (Å²) in [6.07, 6.45) is -11.5. The summed E-state index contributed by atoms with van der Waals surface area (Å²) < 4.78 is 81.5. The van der Waals surface area contributed by atoms with E-state index >= 15 is 0 Å². The van der Waals surface area contributed by atoms with Crippen LogP contribution in [0.2, 0.25) is 0 Å². The minimum atomic E-state index is -5.27. The van der Waals surface area contributed by atoms with E-state index in [0.29, 0.717) is 9.80 Å². The fourth-order valence-corrected chi connectivity index (χ4v) is 5.24. The fraction of sp³-hybridized carbons (Fsp3) is 0.400. The van der Waals surface area contributed by atoms with Gasteiger partial charge in [0.25, 0.3) is 11.1 Å². The lowest BCUT2D eigenvalue weighted by Crippen LogP contribution is -2.44. The van der Waals surface area contributed by atoms with Crippen molar-refractivity contribution in [1.82, 2.24) is 28.9 Å². The molecule has 2 aromatic heterocycles. The van der Waals surface area contributed by atoms with E-state index in [4.69, 9.17) is 0 Å². The van der Waals surface area contributed by atoms with Crippen LogP contribution in [0.1, 0.15) is 25.7 Å². The van der Waals surface area contributed by atoms with E-state index in [1.54, 1.807) is 24.3 Å². The largest absolute Gasteiger partial charge is 0.471 e. The van der Waals surface area contributed by atoms with Gasteiger partial charge in [-0.2, -0.15) is 26.3 Å². The Labute approximate surface area is 266 Å². The number of para-hydroxylation sites is 2. The molecular weight excluding hydrogens is 654 g/mol. The smallest absolute Gasteiger partial charge is 0.335 e. The number of amides is 2. The first-order valence-electron chi connectivity index (χ1n) is 14.8. The highest BCUT2D eigenvalue weighted by Crippen LogP contribution is 2.21. The van der Waals surface area contributed by atoms with Crippen molar-refractivity contribution in [3.63, 3.8) is 0 Å². The first kappa shape index (κ1) is 35.7. The molecule has 2 amide bonds. The maximum Gasteiger partial charge on any atom is 0.471 e. The van der Waals surface area contributed by atoms with Crippen LogP contribution in [0.3, 0.4) is 0 Å². The number of H-pyrrole nitrogens is 2. The highest BCUT2D eigenvalue weighted by atomic mass is 19.4. The summed E-state index contributed by atoms with van der Waals surface area (Å²) in [5, 5.41) is 0.351. The molecule has 18 heteroatoms. The number of carbonyl (C=O) groups is 2. The van der Waals surface area contributed by atoms with Crippen LogP contribution in [0.15, 0.2) is 67.7 Å². The summed E-state index contributed by atoms with van der Waals surface area (Å²) in [7, 11) is 0. The van der Waals surface area contributed by atoms with Gasteiger partial charge in [-0.3, -0.25) is 28.3 Å². The molecule has 2 N–H and O–H groups in total. The Morgan fingerprint density at radius 2 is 0.896 bits per heavy atom. The van der Waals surface area contributed by atoms with E-state index in [2.05, 4.69) is 9.97 Å². The van der Waals surface area contributed by atoms with Crippen molar-refractivity contribution >= 4 is 33.6 Å². The van der Waals surface area contributed by atoms with Crippen molar-refractivity contribution in [3.05, 3.63) is 90.2 Å². The number of nitrogens with zero attached hydrogens (tertiary/aromatic N) is 4. The average Bonchev–Trinajstić information content (AvgIpc) is 3.02. The molecule has 0 spiro atoms. The molecule has 4 rings (SSSR count). The monoisotopic (exact) mass is 684 g/mol. The zero-order chi connectivity index (χ0) is 35.2. The van der Waals surface area contributed by atoms with Gasteiger partial charge in [-0.1, -0.05) is 24.3 Å². The molecule has 0 unspecified atom stereocenters. The maximum absolute atomic E-state index is 13.3. The molecule has 0 saturated heterocycles. The Morgan fingerprint density at radius 3 is 1.25 bits per heavy atom. The molecule has 0 atom stereocenters. The summed E-state index contributed by atoms with van der Waals surface area (Å²) in [4.78, 5) is 80.1. The Bertz CT molecular complexity index is 1880. The summed E-state index contributed by atoms with van der Waals surface area (Å²) >= 11 is 0. The van der Waals surface area contributed by atoms with Crippen LogP contribution in [0.4, 0.5) is 26.3 Å². The highest BCUT2D eigenvalue weighted by Gasteiger charge is 2.43. The van der Waals surface area contributed by atoms with E-state index < -0.39 is 72.8 Å². The molecule has 0 saturated carbocycles. The van der Waals surface area contributed by atoms with Crippen LogP contribution in [0, 0.1) is 0 Å². The van der Waals surface area contributed by atoms with Crippen molar-refractivity contribution in [2.75, 3.05) is 26.2 Å².